The molecule has 33 heavy (non-hydrogen) atoms. The third-order valence-corrected chi connectivity index (χ3v) is 6.06. The first-order chi connectivity index (χ1) is 16.0. The highest BCUT2D eigenvalue weighted by Gasteiger charge is 2.20. The third-order valence-electron chi connectivity index (χ3n) is 6.06. The summed E-state index contributed by atoms with van der Waals surface area (Å²) in [4.78, 5) is 7.19. The molecule has 6 nitrogen and oxygen atoms in total. The van der Waals surface area contributed by atoms with Gasteiger partial charge in [-0.25, -0.2) is 0 Å². The van der Waals surface area contributed by atoms with Crippen molar-refractivity contribution in [3.8, 4) is 11.5 Å². The second-order valence-electron chi connectivity index (χ2n) is 8.55. The predicted octanol–water partition coefficient (Wildman–Crippen LogP) is 4.57. The van der Waals surface area contributed by atoms with Gasteiger partial charge in [-0.05, 0) is 70.1 Å². The Kier molecular flexibility index (Phi) is 12.2. The van der Waals surface area contributed by atoms with E-state index in [9.17, 15) is 10.2 Å². The van der Waals surface area contributed by atoms with Crippen LogP contribution in [0.5, 0.6) is 11.5 Å². The van der Waals surface area contributed by atoms with Crippen LogP contribution in [0.1, 0.15) is 74.5 Å². The van der Waals surface area contributed by atoms with Gasteiger partial charge in [-0.2, -0.15) is 0 Å². The summed E-state index contributed by atoms with van der Waals surface area (Å²) < 4.78 is 6.29. The van der Waals surface area contributed by atoms with Gasteiger partial charge in [-0.3, -0.25) is 9.88 Å². The molecule has 1 aromatic heterocycles. The normalized spacial score (nSPS) is 11.3. The van der Waals surface area contributed by atoms with Crippen molar-refractivity contribution in [2.75, 3.05) is 32.8 Å². The summed E-state index contributed by atoms with van der Waals surface area (Å²) in [6, 6.07) is 7.17. The van der Waals surface area contributed by atoms with E-state index < -0.39 is 0 Å². The standard InChI is InChI=1S/C27H43N3O3/c1-5-8-15-28-16-9-10-17-33-27-21(4)29-26(18-22-11-13-23(32)14-12-22)25(20-31)24(27)19-30(6-2)7-3/h11-14,28,31-32H,5-10,15-20H2,1-4H3. The molecule has 0 radical (unpaired) electrons. The number of unbranched alkanes of at least 4 members (excludes halogenated alkanes) is 2. The van der Waals surface area contributed by atoms with Crippen molar-refractivity contribution in [2.45, 2.75) is 73.0 Å². The number of rotatable bonds is 16. The summed E-state index contributed by atoms with van der Waals surface area (Å²) in [5.74, 6) is 1.07. The highest BCUT2D eigenvalue weighted by molar-refractivity contribution is 5.46. The van der Waals surface area contributed by atoms with Gasteiger partial charge in [-0.15, -0.1) is 0 Å². The fourth-order valence-electron chi connectivity index (χ4n) is 3.97. The van der Waals surface area contributed by atoms with Crippen molar-refractivity contribution < 1.29 is 14.9 Å². The van der Waals surface area contributed by atoms with E-state index in [1.54, 1.807) is 12.1 Å². The maximum atomic E-state index is 10.3. The van der Waals surface area contributed by atoms with Crippen LogP contribution in [0.2, 0.25) is 0 Å². The molecule has 0 bridgehead atoms. The van der Waals surface area contributed by atoms with E-state index in [0.717, 1.165) is 79.4 Å². The molecule has 1 aromatic carbocycles. The predicted molar refractivity (Wildman–Crippen MR) is 135 cm³/mol. The van der Waals surface area contributed by atoms with Crippen molar-refractivity contribution in [3.05, 3.63) is 52.3 Å². The number of aliphatic hydroxyl groups excluding tert-OH is 1. The van der Waals surface area contributed by atoms with Crippen LogP contribution in [0.4, 0.5) is 0 Å². The molecule has 0 saturated heterocycles. The van der Waals surface area contributed by atoms with E-state index >= 15 is 0 Å². The second-order valence-corrected chi connectivity index (χ2v) is 8.55. The number of hydrogen-bond acceptors (Lipinski definition) is 6. The molecule has 0 spiro atoms. The molecule has 0 aliphatic carbocycles. The van der Waals surface area contributed by atoms with Crippen molar-refractivity contribution >= 4 is 0 Å². The van der Waals surface area contributed by atoms with Crippen LogP contribution in [0.25, 0.3) is 0 Å². The lowest BCUT2D eigenvalue weighted by Crippen LogP contribution is -2.24. The Hall–Kier alpha value is -2.15. The molecule has 6 heteroatoms. The van der Waals surface area contributed by atoms with E-state index in [2.05, 4.69) is 31.0 Å². The zero-order chi connectivity index (χ0) is 24.1. The lowest BCUT2D eigenvalue weighted by atomic mass is 9.98. The molecule has 0 fully saturated rings. The number of aliphatic hydroxyl groups is 1. The van der Waals surface area contributed by atoms with Gasteiger partial charge in [0.05, 0.1) is 24.6 Å². The number of aromatic hydroxyl groups is 1. The van der Waals surface area contributed by atoms with Gasteiger partial charge in [0, 0.05) is 24.1 Å². The molecule has 0 saturated carbocycles. The van der Waals surface area contributed by atoms with E-state index in [0.29, 0.717) is 13.0 Å². The molecule has 2 aromatic rings. The zero-order valence-electron chi connectivity index (χ0n) is 21.0. The number of aromatic nitrogens is 1. The second kappa shape index (κ2) is 14.9. The Balaban J connectivity index is 2.21. The summed E-state index contributed by atoms with van der Waals surface area (Å²) in [6.07, 6.45) is 5.09. The average molecular weight is 458 g/mol. The lowest BCUT2D eigenvalue weighted by Gasteiger charge is -2.25. The Morgan fingerprint density at radius 2 is 1.67 bits per heavy atom. The number of hydrogen-bond donors (Lipinski definition) is 3. The first kappa shape index (κ1) is 27.1. The Morgan fingerprint density at radius 1 is 0.970 bits per heavy atom. The van der Waals surface area contributed by atoms with Crippen LogP contribution in [-0.2, 0) is 19.6 Å². The monoisotopic (exact) mass is 457 g/mol. The molecule has 184 valence electrons. The highest BCUT2D eigenvalue weighted by Crippen LogP contribution is 2.31. The molecule has 0 aliphatic heterocycles. The smallest absolute Gasteiger partial charge is 0.145 e. The van der Waals surface area contributed by atoms with Gasteiger partial charge >= 0.3 is 0 Å². The van der Waals surface area contributed by atoms with Gasteiger partial charge in [0.25, 0.3) is 0 Å². The van der Waals surface area contributed by atoms with Crippen molar-refractivity contribution in [2.24, 2.45) is 0 Å². The number of nitrogens with one attached hydrogen (secondary N) is 1. The van der Waals surface area contributed by atoms with Crippen LogP contribution >= 0.6 is 0 Å². The van der Waals surface area contributed by atoms with E-state index in [1.165, 1.54) is 12.8 Å². The molecule has 3 N–H and O–H groups in total. The van der Waals surface area contributed by atoms with Crippen molar-refractivity contribution in [1.82, 2.24) is 15.2 Å². The molecule has 0 aliphatic rings. The number of aryl methyl sites for hydroxylation is 1. The lowest BCUT2D eigenvalue weighted by molar-refractivity contribution is 0.253. The molecule has 1 heterocycles. The SMILES string of the molecule is CCCCNCCCCOc1c(C)nc(Cc2ccc(O)cc2)c(CO)c1CN(CC)CC. The van der Waals surface area contributed by atoms with Gasteiger partial charge in [0.1, 0.15) is 11.5 Å². The van der Waals surface area contributed by atoms with Gasteiger partial charge in [-0.1, -0.05) is 39.3 Å². The summed E-state index contributed by atoms with van der Waals surface area (Å²) in [5.41, 5.74) is 4.69. The number of phenols is 1. The minimum Gasteiger partial charge on any atom is -0.508 e. The third kappa shape index (κ3) is 8.61. The Labute approximate surface area is 200 Å². The van der Waals surface area contributed by atoms with E-state index in [4.69, 9.17) is 9.72 Å². The van der Waals surface area contributed by atoms with E-state index in [1.807, 2.05) is 19.1 Å². The number of nitrogens with zero attached hydrogens (tertiary/aromatic N) is 2. The average Bonchev–Trinajstić information content (AvgIpc) is 2.82. The van der Waals surface area contributed by atoms with Crippen molar-refractivity contribution in [1.29, 1.82) is 0 Å². The van der Waals surface area contributed by atoms with Crippen LogP contribution in [-0.4, -0.2) is 52.9 Å². The first-order valence-electron chi connectivity index (χ1n) is 12.5. The van der Waals surface area contributed by atoms with Crippen molar-refractivity contribution in [3.63, 3.8) is 0 Å². The highest BCUT2D eigenvalue weighted by atomic mass is 16.5. The van der Waals surface area contributed by atoms with E-state index in [-0.39, 0.29) is 12.4 Å². The molecule has 2 rings (SSSR count). The van der Waals surface area contributed by atoms with Gasteiger partial charge < -0.3 is 20.3 Å². The fourth-order valence-corrected chi connectivity index (χ4v) is 3.97. The van der Waals surface area contributed by atoms with Crippen LogP contribution in [0.15, 0.2) is 24.3 Å². The number of benzene rings is 1. The maximum absolute atomic E-state index is 10.3. The molecule has 0 amide bonds. The number of pyridine rings is 1. The minimum absolute atomic E-state index is 0.0744. The quantitative estimate of drug-likeness (QED) is 0.321. The van der Waals surface area contributed by atoms with Gasteiger partial charge in [0.2, 0.25) is 0 Å². The van der Waals surface area contributed by atoms with Crippen LogP contribution < -0.4 is 10.1 Å². The molecule has 0 unspecified atom stereocenters. The maximum Gasteiger partial charge on any atom is 0.145 e. The first-order valence-corrected chi connectivity index (χ1v) is 12.5. The van der Waals surface area contributed by atoms with Crippen LogP contribution in [0, 0.1) is 6.92 Å². The van der Waals surface area contributed by atoms with Crippen LogP contribution in [0.3, 0.4) is 0 Å². The summed E-state index contributed by atoms with van der Waals surface area (Å²) in [7, 11) is 0. The molecule has 0 atom stereocenters. The van der Waals surface area contributed by atoms with Gasteiger partial charge in [0.15, 0.2) is 0 Å². The summed E-state index contributed by atoms with van der Waals surface area (Å²) in [5, 5.41) is 23.4. The Morgan fingerprint density at radius 3 is 2.30 bits per heavy atom. The molecular weight excluding hydrogens is 414 g/mol. The number of phenolic OH excluding ortho intramolecular Hbond substituents is 1. The Bertz CT molecular complexity index is 820. The number of ether oxygens (including phenoxy) is 1. The summed E-state index contributed by atoms with van der Waals surface area (Å²) in [6.45, 7) is 13.8. The summed E-state index contributed by atoms with van der Waals surface area (Å²) >= 11 is 0. The largest absolute Gasteiger partial charge is 0.508 e. The fraction of sp³-hybridized carbons (Fsp3) is 0.593. The molecular formula is C27H43N3O3. The topological polar surface area (TPSA) is 77.8 Å². The minimum atomic E-state index is -0.0744. The zero-order valence-corrected chi connectivity index (χ0v) is 21.0.